The largest absolute Gasteiger partial charge is 2.00 e. The summed E-state index contributed by atoms with van der Waals surface area (Å²) in [7, 11) is 0. The van der Waals surface area contributed by atoms with E-state index in [0.717, 1.165) is 38.9 Å². The SMILES string of the molecule is OCC1CCCO1.OCC1CCCO1.[Ba+2].[H-].[H-]. The molecule has 2 fully saturated rings. The fourth-order valence-corrected chi connectivity index (χ4v) is 1.58. The minimum Gasteiger partial charge on any atom is -1.00 e. The van der Waals surface area contributed by atoms with Crippen molar-refractivity contribution >= 4 is 48.9 Å². The Morgan fingerprint density at radius 3 is 1.47 bits per heavy atom. The van der Waals surface area contributed by atoms with Crippen molar-refractivity contribution in [3.63, 3.8) is 0 Å². The zero-order valence-electron chi connectivity index (χ0n) is 11.2. The number of aliphatic hydroxyl groups is 2. The van der Waals surface area contributed by atoms with Gasteiger partial charge in [0, 0.05) is 13.2 Å². The second-order valence-corrected chi connectivity index (χ2v) is 3.64. The molecule has 2 N–H and O–H groups in total. The second kappa shape index (κ2) is 10.6. The summed E-state index contributed by atoms with van der Waals surface area (Å²) in [5.74, 6) is 0. The summed E-state index contributed by atoms with van der Waals surface area (Å²) in [4.78, 5) is 0. The molecule has 0 saturated carbocycles. The van der Waals surface area contributed by atoms with Crippen molar-refractivity contribution in [1.29, 1.82) is 0 Å². The molecule has 4 nitrogen and oxygen atoms in total. The molecule has 5 heteroatoms. The van der Waals surface area contributed by atoms with E-state index in [1.165, 1.54) is 0 Å². The third-order valence-electron chi connectivity index (χ3n) is 2.46. The van der Waals surface area contributed by atoms with Crippen LogP contribution in [0.25, 0.3) is 0 Å². The Morgan fingerprint density at radius 1 is 0.933 bits per heavy atom. The molecule has 2 saturated heterocycles. The van der Waals surface area contributed by atoms with Crippen molar-refractivity contribution in [2.45, 2.75) is 37.9 Å². The fraction of sp³-hybridized carbons (Fsp3) is 1.00. The molecule has 2 rings (SSSR count). The Hall–Kier alpha value is 1.41. The molecule has 0 aliphatic carbocycles. The van der Waals surface area contributed by atoms with Gasteiger partial charge in [-0.3, -0.25) is 0 Å². The molecule has 0 aromatic heterocycles. The van der Waals surface area contributed by atoms with Crippen LogP contribution in [0, 0.1) is 0 Å². The van der Waals surface area contributed by atoms with E-state index >= 15 is 0 Å². The van der Waals surface area contributed by atoms with Crippen molar-refractivity contribution < 1.29 is 22.5 Å². The van der Waals surface area contributed by atoms with Crippen molar-refractivity contribution in [3.8, 4) is 0 Å². The Labute approximate surface area is 134 Å². The van der Waals surface area contributed by atoms with Gasteiger partial charge in [-0.05, 0) is 25.7 Å². The summed E-state index contributed by atoms with van der Waals surface area (Å²) in [6.45, 7) is 2.07. The topological polar surface area (TPSA) is 58.9 Å². The van der Waals surface area contributed by atoms with Crippen LogP contribution in [0.4, 0.5) is 0 Å². The van der Waals surface area contributed by atoms with Crippen LogP contribution in [0.2, 0.25) is 0 Å². The quantitative estimate of drug-likeness (QED) is 0.701. The van der Waals surface area contributed by atoms with Gasteiger partial charge in [0.05, 0.1) is 25.4 Å². The molecule has 2 atom stereocenters. The number of hydrogen-bond donors (Lipinski definition) is 2. The van der Waals surface area contributed by atoms with Gasteiger partial charge in [0.2, 0.25) is 0 Å². The zero-order chi connectivity index (χ0) is 10.2. The number of aliphatic hydroxyl groups excluding tert-OH is 2. The molecule has 0 spiro atoms. The van der Waals surface area contributed by atoms with Gasteiger partial charge in [-0.25, -0.2) is 0 Å². The molecule has 2 unspecified atom stereocenters. The molecule has 2 aliphatic heterocycles. The van der Waals surface area contributed by atoms with E-state index in [0.29, 0.717) is 0 Å². The molecular formula is C10H22BaO4. The smallest absolute Gasteiger partial charge is 1.00 e. The number of rotatable bonds is 2. The summed E-state index contributed by atoms with van der Waals surface area (Å²) < 4.78 is 10.1. The fourth-order valence-electron chi connectivity index (χ4n) is 1.58. The van der Waals surface area contributed by atoms with E-state index in [2.05, 4.69) is 0 Å². The molecular weight excluding hydrogens is 321 g/mol. The normalized spacial score (nSPS) is 29.2. The van der Waals surface area contributed by atoms with Gasteiger partial charge in [-0.1, -0.05) is 0 Å². The molecule has 0 radical (unpaired) electrons. The van der Waals surface area contributed by atoms with E-state index < -0.39 is 0 Å². The van der Waals surface area contributed by atoms with Gasteiger partial charge in [0.15, 0.2) is 0 Å². The first-order chi connectivity index (χ1) is 6.86. The molecule has 0 aromatic rings. The van der Waals surface area contributed by atoms with Gasteiger partial charge >= 0.3 is 48.9 Å². The van der Waals surface area contributed by atoms with Crippen LogP contribution in [0.15, 0.2) is 0 Å². The van der Waals surface area contributed by atoms with Crippen LogP contribution in [0.1, 0.15) is 28.5 Å². The monoisotopic (exact) mass is 344 g/mol. The summed E-state index contributed by atoms with van der Waals surface area (Å²) in [5, 5.41) is 16.9. The standard InChI is InChI=1S/2C5H10O2.Ba.2H/c2*6-4-5-2-1-3-7-5;;;/h2*5-6H,1-4H2;;;/q;;+2;2*-1. The predicted octanol–water partition coefficient (Wildman–Crippen LogP) is 0.160. The summed E-state index contributed by atoms with van der Waals surface area (Å²) in [6.07, 6.45) is 4.61. The average Bonchev–Trinajstić information content (AvgIpc) is 2.92. The maximum Gasteiger partial charge on any atom is 2.00 e. The van der Waals surface area contributed by atoms with E-state index in [1.807, 2.05) is 0 Å². The van der Waals surface area contributed by atoms with E-state index in [9.17, 15) is 0 Å². The maximum absolute atomic E-state index is 8.44. The van der Waals surface area contributed by atoms with Crippen molar-refractivity contribution in [2.24, 2.45) is 0 Å². The van der Waals surface area contributed by atoms with Crippen LogP contribution in [0.5, 0.6) is 0 Å². The van der Waals surface area contributed by atoms with Crippen LogP contribution in [0.3, 0.4) is 0 Å². The first-order valence-corrected chi connectivity index (χ1v) is 5.31. The first kappa shape index (κ1) is 16.4. The van der Waals surface area contributed by atoms with E-state index in [4.69, 9.17) is 19.7 Å². The van der Waals surface area contributed by atoms with E-state index in [1.54, 1.807) is 0 Å². The van der Waals surface area contributed by atoms with Gasteiger partial charge in [-0.15, -0.1) is 0 Å². The first-order valence-electron chi connectivity index (χ1n) is 5.31. The van der Waals surface area contributed by atoms with Gasteiger partial charge < -0.3 is 22.5 Å². The Bertz CT molecular complexity index is 126. The summed E-state index contributed by atoms with van der Waals surface area (Å²) in [6, 6.07) is 0. The third kappa shape index (κ3) is 7.36. The molecule has 0 bridgehead atoms. The third-order valence-corrected chi connectivity index (χ3v) is 2.46. The zero-order valence-corrected chi connectivity index (χ0v) is 13.7. The van der Waals surface area contributed by atoms with Crippen LogP contribution in [-0.2, 0) is 9.47 Å². The van der Waals surface area contributed by atoms with Crippen molar-refractivity contribution in [3.05, 3.63) is 0 Å². The summed E-state index contributed by atoms with van der Waals surface area (Å²) in [5.41, 5.74) is 0. The van der Waals surface area contributed by atoms with Gasteiger partial charge in [0.25, 0.3) is 0 Å². The van der Waals surface area contributed by atoms with Gasteiger partial charge in [0.1, 0.15) is 0 Å². The summed E-state index contributed by atoms with van der Waals surface area (Å²) >= 11 is 0. The number of hydrogen-bond acceptors (Lipinski definition) is 4. The molecule has 2 aliphatic rings. The molecule has 15 heavy (non-hydrogen) atoms. The van der Waals surface area contributed by atoms with Crippen molar-refractivity contribution in [1.82, 2.24) is 0 Å². The Balaban J connectivity index is -0.000000196. The number of ether oxygens (including phenoxy) is 2. The minimum atomic E-state index is 0. The van der Waals surface area contributed by atoms with E-state index in [-0.39, 0.29) is 77.2 Å². The predicted molar refractivity (Wildman–Crippen MR) is 60.1 cm³/mol. The van der Waals surface area contributed by atoms with Crippen LogP contribution in [-0.4, -0.2) is 97.7 Å². The Kier molecular flexibility index (Phi) is 11.6. The maximum atomic E-state index is 8.44. The molecule has 0 amide bonds. The van der Waals surface area contributed by atoms with Gasteiger partial charge in [-0.2, -0.15) is 0 Å². The molecule has 88 valence electrons. The minimum absolute atomic E-state index is 0. The van der Waals surface area contributed by atoms with Crippen LogP contribution >= 0.6 is 0 Å². The second-order valence-electron chi connectivity index (χ2n) is 3.64. The molecule has 0 aromatic carbocycles. The van der Waals surface area contributed by atoms with Crippen molar-refractivity contribution in [2.75, 3.05) is 26.4 Å². The molecule has 2 heterocycles. The van der Waals surface area contributed by atoms with Crippen LogP contribution < -0.4 is 0 Å². The average molecular weight is 344 g/mol. The Morgan fingerprint density at radius 2 is 1.33 bits per heavy atom.